The number of nitrogens with one attached hydrogen (secondary N) is 1. The third-order valence-electron chi connectivity index (χ3n) is 4.38. The SMILES string of the molecule is CCCCN(CC(NCC)c1cc(C)cc(C)c1)C1CC1. The summed E-state index contributed by atoms with van der Waals surface area (Å²) in [4.78, 5) is 2.72. The Kier molecular flexibility index (Phi) is 6.25. The van der Waals surface area contributed by atoms with Crippen molar-refractivity contribution in [1.29, 1.82) is 0 Å². The van der Waals surface area contributed by atoms with Gasteiger partial charge >= 0.3 is 0 Å². The van der Waals surface area contributed by atoms with Crippen molar-refractivity contribution < 1.29 is 0 Å². The van der Waals surface area contributed by atoms with E-state index in [0.29, 0.717) is 6.04 Å². The van der Waals surface area contributed by atoms with Crippen LogP contribution in [0.3, 0.4) is 0 Å². The Balaban J connectivity index is 2.09. The van der Waals surface area contributed by atoms with Crippen molar-refractivity contribution in [3.8, 4) is 0 Å². The van der Waals surface area contributed by atoms with Gasteiger partial charge in [-0.05, 0) is 51.8 Å². The third-order valence-corrected chi connectivity index (χ3v) is 4.38. The molecular formula is C19H32N2. The minimum Gasteiger partial charge on any atom is -0.309 e. The van der Waals surface area contributed by atoms with E-state index < -0.39 is 0 Å². The molecule has 2 heteroatoms. The molecular weight excluding hydrogens is 256 g/mol. The fourth-order valence-electron chi connectivity index (χ4n) is 3.20. The van der Waals surface area contributed by atoms with Gasteiger partial charge < -0.3 is 5.32 Å². The second kappa shape index (κ2) is 7.95. The van der Waals surface area contributed by atoms with Gasteiger partial charge in [-0.2, -0.15) is 0 Å². The van der Waals surface area contributed by atoms with Crippen molar-refractivity contribution in [2.45, 2.75) is 65.5 Å². The van der Waals surface area contributed by atoms with E-state index in [-0.39, 0.29) is 0 Å². The standard InChI is InChI=1S/C19H32N2/c1-5-7-10-21(18-8-9-18)14-19(20-6-2)17-12-15(3)11-16(4)13-17/h11-13,18-20H,5-10,14H2,1-4H3. The lowest BCUT2D eigenvalue weighted by molar-refractivity contribution is 0.230. The van der Waals surface area contributed by atoms with E-state index in [4.69, 9.17) is 0 Å². The molecule has 0 radical (unpaired) electrons. The number of benzene rings is 1. The summed E-state index contributed by atoms with van der Waals surface area (Å²) in [5.41, 5.74) is 4.20. The highest BCUT2D eigenvalue weighted by molar-refractivity contribution is 5.31. The topological polar surface area (TPSA) is 15.3 Å². The van der Waals surface area contributed by atoms with Crippen molar-refractivity contribution in [3.05, 3.63) is 34.9 Å². The van der Waals surface area contributed by atoms with Crippen molar-refractivity contribution in [2.24, 2.45) is 0 Å². The number of hydrogen-bond donors (Lipinski definition) is 1. The van der Waals surface area contributed by atoms with Crippen LogP contribution in [-0.2, 0) is 0 Å². The average Bonchev–Trinajstić information content (AvgIpc) is 3.25. The Morgan fingerprint density at radius 3 is 2.33 bits per heavy atom. The highest BCUT2D eigenvalue weighted by atomic mass is 15.2. The predicted molar refractivity (Wildman–Crippen MR) is 91.8 cm³/mol. The molecule has 2 rings (SSSR count). The summed E-state index contributed by atoms with van der Waals surface area (Å²) in [6.45, 7) is 12.4. The maximum absolute atomic E-state index is 3.70. The lowest BCUT2D eigenvalue weighted by Crippen LogP contribution is -2.37. The fourth-order valence-corrected chi connectivity index (χ4v) is 3.20. The molecule has 118 valence electrons. The van der Waals surface area contributed by atoms with Crippen molar-refractivity contribution in [1.82, 2.24) is 10.2 Å². The van der Waals surface area contributed by atoms with Gasteiger partial charge in [0.05, 0.1) is 0 Å². The molecule has 1 fully saturated rings. The van der Waals surface area contributed by atoms with E-state index in [1.165, 1.54) is 48.9 Å². The highest BCUT2D eigenvalue weighted by Crippen LogP contribution is 2.29. The zero-order valence-corrected chi connectivity index (χ0v) is 14.3. The molecule has 0 spiro atoms. The molecule has 0 aromatic heterocycles. The van der Waals surface area contributed by atoms with Gasteiger partial charge in [-0.15, -0.1) is 0 Å². The van der Waals surface area contributed by atoms with Gasteiger partial charge in [0.2, 0.25) is 0 Å². The summed E-state index contributed by atoms with van der Waals surface area (Å²) in [5, 5.41) is 3.70. The molecule has 1 aliphatic carbocycles. The van der Waals surface area contributed by atoms with Crippen LogP contribution in [0.2, 0.25) is 0 Å². The number of hydrogen-bond acceptors (Lipinski definition) is 2. The van der Waals surface area contributed by atoms with Crippen molar-refractivity contribution in [2.75, 3.05) is 19.6 Å². The molecule has 1 unspecified atom stereocenters. The fraction of sp³-hybridized carbons (Fsp3) is 0.684. The summed E-state index contributed by atoms with van der Waals surface area (Å²) in [7, 11) is 0. The van der Waals surface area contributed by atoms with Crippen LogP contribution < -0.4 is 5.32 Å². The van der Waals surface area contributed by atoms with Gasteiger partial charge in [-0.25, -0.2) is 0 Å². The Labute approximate surface area is 130 Å². The number of likely N-dealkylation sites (N-methyl/N-ethyl adjacent to an activating group) is 1. The molecule has 0 aliphatic heterocycles. The van der Waals surface area contributed by atoms with Gasteiger partial charge in [0.1, 0.15) is 0 Å². The van der Waals surface area contributed by atoms with Gasteiger partial charge in [0.25, 0.3) is 0 Å². The van der Waals surface area contributed by atoms with Crippen molar-refractivity contribution in [3.63, 3.8) is 0 Å². The van der Waals surface area contributed by atoms with Gasteiger partial charge in [0, 0.05) is 18.6 Å². The maximum atomic E-state index is 3.70. The molecule has 0 heterocycles. The Morgan fingerprint density at radius 2 is 1.81 bits per heavy atom. The van der Waals surface area contributed by atoms with Crippen LogP contribution in [0, 0.1) is 13.8 Å². The third kappa shape index (κ3) is 5.12. The highest BCUT2D eigenvalue weighted by Gasteiger charge is 2.30. The molecule has 1 atom stereocenters. The van der Waals surface area contributed by atoms with E-state index >= 15 is 0 Å². The quantitative estimate of drug-likeness (QED) is 0.732. The van der Waals surface area contributed by atoms with E-state index in [1.807, 2.05) is 0 Å². The van der Waals surface area contributed by atoms with Crippen molar-refractivity contribution >= 4 is 0 Å². The molecule has 1 saturated carbocycles. The second-order valence-electron chi connectivity index (χ2n) is 6.61. The number of unbranched alkanes of at least 4 members (excludes halogenated alkanes) is 1. The van der Waals surface area contributed by atoms with E-state index in [2.05, 4.69) is 56.1 Å². The molecule has 0 bridgehead atoms. The summed E-state index contributed by atoms with van der Waals surface area (Å²) in [5.74, 6) is 0. The average molecular weight is 288 g/mol. The summed E-state index contributed by atoms with van der Waals surface area (Å²) >= 11 is 0. The van der Waals surface area contributed by atoms with Crippen LogP contribution in [0.25, 0.3) is 0 Å². The molecule has 21 heavy (non-hydrogen) atoms. The molecule has 1 aromatic rings. The first-order chi connectivity index (χ1) is 10.1. The minimum atomic E-state index is 0.464. The molecule has 0 saturated heterocycles. The Hall–Kier alpha value is -0.860. The second-order valence-corrected chi connectivity index (χ2v) is 6.61. The largest absolute Gasteiger partial charge is 0.309 e. The number of nitrogens with zero attached hydrogens (tertiary/aromatic N) is 1. The van der Waals surface area contributed by atoms with E-state index in [0.717, 1.165) is 19.1 Å². The smallest absolute Gasteiger partial charge is 0.0449 e. The normalized spacial score (nSPS) is 16.4. The van der Waals surface area contributed by atoms with Crippen LogP contribution in [0.15, 0.2) is 18.2 Å². The van der Waals surface area contributed by atoms with Crippen LogP contribution in [-0.4, -0.2) is 30.6 Å². The van der Waals surface area contributed by atoms with Gasteiger partial charge in [-0.3, -0.25) is 4.90 Å². The summed E-state index contributed by atoms with van der Waals surface area (Å²) in [6.07, 6.45) is 5.41. The molecule has 2 nitrogen and oxygen atoms in total. The molecule has 1 aromatic carbocycles. The van der Waals surface area contributed by atoms with Crippen LogP contribution in [0.5, 0.6) is 0 Å². The van der Waals surface area contributed by atoms with Crippen LogP contribution in [0.1, 0.15) is 62.3 Å². The molecule has 1 N–H and O–H groups in total. The monoisotopic (exact) mass is 288 g/mol. The summed E-state index contributed by atoms with van der Waals surface area (Å²) < 4.78 is 0. The zero-order valence-electron chi connectivity index (χ0n) is 14.3. The van der Waals surface area contributed by atoms with Gasteiger partial charge in [-0.1, -0.05) is 49.6 Å². The maximum Gasteiger partial charge on any atom is 0.0449 e. The first-order valence-electron chi connectivity index (χ1n) is 8.69. The Bertz CT molecular complexity index is 417. The first kappa shape index (κ1) is 16.5. The lowest BCUT2D eigenvalue weighted by atomic mass is 10.0. The zero-order chi connectivity index (χ0) is 15.2. The number of aryl methyl sites for hydroxylation is 2. The lowest BCUT2D eigenvalue weighted by Gasteiger charge is -2.28. The van der Waals surface area contributed by atoms with Crippen LogP contribution >= 0.6 is 0 Å². The molecule has 1 aliphatic rings. The van der Waals surface area contributed by atoms with Gasteiger partial charge in [0.15, 0.2) is 0 Å². The van der Waals surface area contributed by atoms with Crippen LogP contribution in [0.4, 0.5) is 0 Å². The first-order valence-corrected chi connectivity index (χ1v) is 8.69. The van der Waals surface area contributed by atoms with E-state index in [1.54, 1.807) is 0 Å². The van der Waals surface area contributed by atoms with E-state index in [9.17, 15) is 0 Å². The number of rotatable bonds is 9. The molecule has 0 amide bonds. The predicted octanol–water partition coefficient (Wildman–Crippen LogP) is 4.22. The Morgan fingerprint density at radius 1 is 1.14 bits per heavy atom. The summed E-state index contributed by atoms with van der Waals surface area (Å²) in [6, 6.07) is 8.29. The minimum absolute atomic E-state index is 0.464.